The minimum absolute atomic E-state index is 0.0104. The lowest BCUT2D eigenvalue weighted by Gasteiger charge is -2.08. The van der Waals surface area contributed by atoms with Crippen LogP contribution in [-0.2, 0) is 9.59 Å². The molecule has 0 bridgehead atoms. The number of fused-ring (bicyclic) bond motifs is 1. The summed E-state index contributed by atoms with van der Waals surface area (Å²) in [6.07, 6.45) is 0. The Balaban J connectivity index is 1.98. The second kappa shape index (κ2) is 7.97. The molecule has 0 aliphatic heterocycles. The highest BCUT2D eigenvalue weighted by Gasteiger charge is 2.09. The van der Waals surface area contributed by atoms with Gasteiger partial charge in [0.15, 0.2) is 0 Å². The molecule has 0 spiro atoms. The number of carbonyl (C=O) groups excluding carboxylic acids is 2. The number of benzene rings is 1. The zero-order chi connectivity index (χ0) is 16.8. The summed E-state index contributed by atoms with van der Waals surface area (Å²) in [6.45, 7) is 6.48. The van der Waals surface area contributed by atoms with E-state index in [0.29, 0.717) is 6.54 Å². The Bertz CT molecular complexity index is 731. The lowest BCUT2D eigenvalue weighted by atomic mass is 10.1. The van der Waals surface area contributed by atoms with Crippen molar-refractivity contribution in [1.82, 2.24) is 15.6 Å². The summed E-state index contributed by atoms with van der Waals surface area (Å²) in [5.41, 5.74) is 3.23. The first-order valence-corrected chi connectivity index (χ1v) is 8.53. The number of rotatable bonds is 6. The van der Waals surface area contributed by atoms with Gasteiger partial charge in [-0.3, -0.25) is 9.59 Å². The van der Waals surface area contributed by atoms with Gasteiger partial charge in [0.25, 0.3) is 0 Å². The monoisotopic (exact) mass is 331 g/mol. The molecule has 2 aromatic rings. The fraction of sp³-hybridized carbons (Fsp3) is 0.353. The van der Waals surface area contributed by atoms with Gasteiger partial charge >= 0.3 is 0 Å². The molecule has 2 amide bonds. The lowest BCUT2D eigenvalue weighted by molar-refractivity contribution is -0.124. The molecule has 1 aromatic heterocycles. The summed E-state index contributed by atoms with van der Waals surface area (Å²) in [4.78, 5) is 27.7. The lowest BCUT2D eigenvalue weighted by Crippen LogP contribution is -2.37. The van der Waals surface area contributed by atoms with Gasteiger partial charge in [-0.1, -0.05) is 30.0 Å². The Labute approximate surface area is 140 Å². The molecule has 0 radical (unpaired) electrons. The maximum Gasteiger partial charge on any atom is 0.239 e. The van der Waals surface area contributed by atoms with E-state index in [2.05, 4.69) is 21.7 Å². The summed E-state index contributed by atoms with van der Waals surface area (Å²) < 4.78 is 0. The van der Waals surface area contributed by atoms with Crippen LogP contribution in [0.1, 0.15) is 18.1 Å². The smallest absolute Gasteiger partial charge is 0.239 e. The summed E-state index contributed by atoms with van der Waals surface area (Å²) in [5, 5.41) is 7.19. The Morgan fingerprint density at radius 2 is 1.91 bits per heavy atom. The highest BCUT2D eigenvalue weighted by Crippen LogP contribution is 2.25. The minimum Gasteiger partial charge on any atom is -0.355 e. The van der Waals surface area contributed by atoms with Crippen molar-refractivity contribution in [3.63, 3.8) is 0 Å². The predicted octanol–water partition coefficient (Wildman–Crippen LogP) is 2.20. The number of aryl methyl sites for hydroxylation is 2. The van der Waals surface area contributed by atoms with Crippen LogP contribution in [0.5, 0.6) is 0 Å². The second-order valence-electron chi connectivity index (χ2n) is 5.27. The Morgan fingerprint density at radius 3 is 2.65 bits per heavy atom. The third kappa shape index (κ3) is 4.69. The SMILES string of the molecule is CCNC(=O)CNC(=O)CSc1cc(C)c2cccc(C)c2n1. The number of para-hydroxylation sites is 1. The summed E-state index contributed by atoms with van der Waals surface area (Å²) >= 11 is 1.38. The molecule has 0 fully saturated rings. The molecule has 1 aromatic carbocycles. The first-order valence-electron chi connectivity index (χ1n) is 7.54. The van der Waals surface area contributed by atoms with E-state index in [1.54, 1.807) is 0 Å². The largest absolute Gasteiger partial charge is 0.355 e. The molecule has 2 N–H and O–H groups in total. The zero-order valence-electron chi connectivity index (χ0n) is 13.6. The number of pyridine rings is 1. The highest BCUT2D eigenvalue weighted by molar-refractivity contribution is 7.99. The van der Waals surface area contributed by atoms with Crippen LogP contribution in [-0.4, -0.2) is 35.6 Å². The third-order valence-electron chi connectivity index (χ3n) is 3.40. The van der Waals surface area contributed by atoms with Gasteiger partial charge in [0.1, 0.15) is 0 Å². The van der Waals surface area contributed by atoms with E-state index in [-0.39, 0.29) is 24.1 Å². The first kappa shape index (κ1) is 17.3. The normalized spacial score (nSPS) is 10.6. The fourth-order valence-corrected chi connectivity index (χ4v) is 3.03. The van der Waals surface area contributed by atoms with Gasteiger partial charge in [-0.15, -0.1) is 0 Å². The second-order valence-corrected chi connectivity index (χ2v) is 6.26. The number of thioether (sulfide) groups is 1. The Kier molecular flexibility index (Phi) is 5.98. The average Bonchev–Trinajstić information content (AvgIpc) is 2.52. The van der Waals surface area contributed by atoms with Crippen molar-refractivity contribution >= 4 is 34.5 Å². The fourth-order valence-electron chi connectivity index (χ4n) is 2.23. The minimum atomic E-state index is -0.179. The van der Waals surface area contributed by atoms with E-state index < -0.39 is 0 Å². The van der Waals surface area contributed by atoms with E-state index >= 15 is 0 Å². The Hall–Kier alpha value is -2.08. The molecule has 122 valence electrons. The molecular formula is C17H21N3O2S. The van der Waals surface area contributed by atoms with Crippen LogP contribution in [0.4, 0.5) is 0 Å². The molecule has 0 aliphatic rings. The summed E-state index contributed by atoms with van der Waals surface area (Å²) in [5.74, 6) is -0.116. The number of carbonyl (C=O) groups is 2. The van der Waals surface area contributed by atoms with Crippen LogP contribution < -0.4 is 10.6 Å². The quantitative estimate of drug-likeness (QED) is 0.796. The highest BCUT2D eigenvalue weighted by atomic mass is 32.2. The molecule has 0 saturated heterocycles. The van der Waals surface area contributed by atoms with Crippen LogP contribution in [0.25, 0.3) is 10.9 Å². The summed E-state index contributed by atoms with van der Waals surface area (Å²) in [6, 6.07) is 8.10. The molecule has 1 heterocycles. The van der Waals surface area contributed by atoms with Crippen molar-refractivity contribution < 1.29 is 9.59 Å². The zero-order valence-corrected chi connectivity index (χ0v) is 14.4. The van der Waals surface area contributed by atoms with Crippen molar-refractivity contribution in [2.45, 2.75) is 25.8 Å². The molecule has 5 nitrogen and oxygen atoms in total. The summed E-state index contributed by atoms with van der Waals surface area (Å²) in [7, 11) is 0. The molecule has 23 heavy (non-hydrogen) atoms. The molecule has 2 rings (SSSR count). The maximum atomic E-state index is 11.8. The van der Waals surface area contributed by atoms with Crippen LogP contribution in [0.3, 0.4) is 0 Å². The average molecular weight is 331 g/mol. The molecule has 6 heteroatoms. The van der Waals surface area contributed by atoms with E-state index in [1.807, 2.05) is 39.0 Å². The standard InChI is InChI=1S/C17H21N3O2S/c1-4-18-14(21)9-19-15(22)10-23-16-8-12(3)13-7-5-6-11(2)17(13)20-16/h5-8H,4,9-10H2,1-3H3,(H,18,21)(H,19,22). The van der Waals surface area contributed by atoms with Gasteiger partial charge in [0.2, 0.25) is 11.8 Å². The Morgan fingerprint density at radius 1 is 1.13 bits per heavy atom. The molecule has 0 saturated carbocycles. The van der Waals surface area contributed by atoms with Gasteiger partial charge in [0.05, 0.1) is 22.8 Å². The molecular weight excluding hydrogens is 310 g/mol. The van der Waals surface area contributed by atoms with Crippen LogP contribution in [0, 0.1) is 13.8 Å². The topological polar surface area (TPSA) is 71.1 Å². The number of amides is 2. The van der Waals surface area contributed by atoms with E-state index in [1.165, 1.54) is 11.8 Å². The number of nitrogens with zero attached hydrogens (tertiary/aromatic N) is 1. The van der Waals surface area contributed by atoms with Crippen molar-refractivity contribution in [2.24, 2.45) is 0 Å². The predicted molar refractivity (Wildman–Crippen MR) is 93.6 cm³/mol. The number of nitrogens with one attached hydrogen (secondary N) is 2. The van der Waals surface area contributed by atoms with Gasteiger partial charge in [-0.25, -0.2) is 4.98 Å². The van der Waals surface area contributed by atoms with Crippen molar-refractivity contribution in [1.29, 1.82) is 0 Å². The van der Waals surface area contributed by atoms with Crippen molar-refractivity contribution in [3.05, 3.63) is 35.4 Å². The van der Waals surface area contributed by atoms with Gasteiger partial charge in [-0.05, 0) is 38.0 Å². The van der Waals surface area contributed by atoms with E-state index in [4.69, 9.17) is 0 Å². The van der Waals surface area contributed by atoms with Crippen molar-refractivity contribution in [3.8, 4) is 0 Å². The van der Waals surface area contributed by atoms with Crippen molar-refractivity contribution in [2.75, 3.05) is 18.8 Å². The number of hydrogen-bond donors (Lipinski definition) is 2. The molecule has 0 aliphatic carbocycles. The van der Waals surface area contributed by atoms with Crippen LogP contribution in [0.15, 0.2) is 29.3 Å². The van der Waals surface area contributed by atoms with Gasteiger partial charge < -0.3 is 10.6 Å². The number of aromatic nitrogens is 1. The number of hydrogen-bond acceptors (Lipinski definition) is 4. The van der Waals surface area contributed by atoms with E-state index in [9.17, 15) is 9.59 Å². The first-order chi connectivity index (χ1) is 11.0. The van der Waals surface area contributed by atoms with Gasteiger partial charge in [0, 0.05) is 11.9 Å². The van der Waals surface area contributed by atoms with Crippen LogP contribution in [0.2, 0.25) is 0 Å². The molecule has 0 atom stereocenters. The van der Waals surface area contributed by atoms with Crippen LogP contribution >= 0.6 is 11.8 Å². The number of likely N-dealkylation sites (N-methyl/N-ethyl adjacent to an activating group) is 1. The maximum absolute atomic E-state index is 11.8. The molecule has 0 unspecified atom stereocenters. The van der Waals surface area contributed by atoms with Gasteiger partial charge in [-0.2, -0.15) is 0 Å². The van der Waals surface area contributed by atoms with E-state index in [0.717, 1.165) is 27.1 Å². The third-order valence-corrected chi connectivity index (χ3v) is 4.31.